The molecule has 0 saturated heterocycles. The number of esters is 1. The van der Waals surface area contributed by atoms with Crippen LogP contribution < -0.4 is 5.32 Å². The van der Waals surface area contributed by atoms with Crippen molar-refractivity contribution in [2.24, 2.45) is 0 Å². The minimum atomic E-state index is -1.01. The number of anilines is 1. The summed E-state index contributed by atoms with van der Waals surface area (Å²) in [6.45, 7) is 3.91. The van der Waals surface area contributed by atoms with Crippen LogP contribution in [0.2, 0.25) is 0 Å². The van der Waals surface area contributed by atoms with E-state index in [1.165, 1.54) is 0 Å². The van der Waals surface area contributed by atoms with Crippen LogP contribution in [0.15, 0.2) is 53.3 Å². The molecule has 0 aliphatic rings. The lowest BCUT2D eigenvalue weighted by molar-refractivity contribution is -0.148. The Morgan fingerprint density at radius 1 is 1.33 bits per heavy atom. The summed E-state index contributed by atoms with van der Waals surface area (Å²) in [7, 11) is 0. The zero-order valence-corrected chi connectivity index (χ0v) is 13.6. The van der Waals surface area contributed by atoms with E-state index in [-0.39, 0.29) is 5.97 Å². The standard InChI is InChI=1S/C16H17BrN2O2/c1-3-21-15(20)16(2,12-7-6-10-18-11-12)19-14-9-5-4-8-13(14)17/h4-11,19H,3H2,1-2H3. The molecule has 1 aromatic carbocycles. The molecule has 0 fully saturated rings. The van der Waals surface area contributed by atoms with E-state index in [2.05, 4.69) is 26.2 Å². The van der Waals surface area contributed by atoms with E-state index in [1.54, 1.807) is 32.3 Å². The van der Waals surface area contributed by atoms with Crippen molar-refractivity contribution >= 4 is 27.6 Å². The second-order valence-electron chi connectivity index (χ2n) is 4.69. The van der Waals surface area contributed by atoms with E-state index in [9.17, 15) is 4.79 Å². The van der Waals surface area contributed by atoms with Crippen molar-refractivity contribution < 1.29 is 9.53 Å². The van der Waals surface area contributed by atoms with Gasteiger partial charge in [0.2, 0.25) is 0 Å². The molecule has 0 aliphatic heterocycles. The highest BCUT2D eigenvalue weighted by Gasteiger charge is 2.37. The zero-order chi connectivity index (χ0) is 15.3. The van der Waals surface area contributed by atoms with Crippen molar-refractivity contribution in [3.05, 3.63) is 58.8 Å². The summed E-state index contributed by atoms with van der Waals surface area (Å²) >= 11 is 3.48. The van der Waals surface area contributed by atoms with Crippen LogP contribution in [0.4, 0.5) is 5.69 Å². The minimum Gasteiger partial charge on any atom is -0.464 e. The van der Waals surface area contributed by atoms with Gasteiger partial charge in [-0.25, -0.2) is 4.79 Å². The van der Waals surface area contributed by atoms with Crippen molar-refractivity contribution in [2.75, 3.05) is 11.9 Å². The smallest absolute Gasteiger partial charge is 0.336 e. The van der Waals surface area contributed by atoms with Crippen LogP contribution in [-0.4, -0.2) is 17.6 Å². The predicted molar refractivity (Wildman–Crippen MR) is 86.0 cm³/mol. The van der Waals surface area contributed by atoms with Crippen LogP contribution >= 0.6 is 15.9 Å². The molecule has 0 radical (unpaired) electrons. The number of hydrogen-bond donors (Lipinski definition) is 1. The third kappa shape index (κ3) is 3.42. The average Bonchev–Trinajstić information content (AvgIpc) is 2.50. The van der Waals surface area contributed by atoms with E-state index in [0.29, 0.717) is 6.61 Å². The Balaban J connectivity index is 2.42. The largest absolute Gasteiger partial charge is 0.464 e. The number of pyridine rings is 1. The molecule has 110 valence electrons. The topological polar surface area (TPSA) is 51.2 Å². The van der Waals surface area contributed by atoms with Gasteiger partial charge in [0, 0.05) is 28.1 Å². The van der Waals surface area contributed by atoms with Gasteiger partial charge >= 0.3 is 5.97 Å². The van der Waals surface area contributed by atoms with Crippen LogP contribution in [0.25, 0.3) is 0 Å². The van der Waals surface area contributed by atoms with Crippen molar-refractivity contribution in [2.45, 2.75) is 19.4 Å². The lowest BCUT2D eigenvalue weighted by atomic mass is 9.93. The number of para-hydroxylation sites is 1. The monoisotopic (exact) mass is 348 g/mol. The normalized spacial score (nSPS) is 13.3. The van der Waals surface area contributed by atoms with Crippen molar-refractivity contribution in [3.63, 3.8) is 0 Å². The molecule has 0 aliphatic carbocycles. The summed E-state index contributed by atoms with van der Waals surface area (Å²) in [5.74, 6) is -0.339. The van der Waals surface area contributed by atoms with Crippen LogP contribution in [0.3, 0.4) is 0 Å². The molecule has 0 spiro atoms. The Morgan fingerprint density at radius 3 is 2.71 bits per heavy atom. The molecule has 0 amide bonds. The molecular weight excluding hydrogens is 332 g/mol. The van der Waals surface area contributed by atoms with Crippen LogP contribution in [0.1, 0.15) is 19.4 Å². The van der Waals surface area contributed by atoms with Gasteiger partial charge < -0.3 is 10.1 Å². The van der Waals surface area contributed by atoms with Gasteiger partial charge in [0.05, 0.1) is 6.61 Å². The number of aromatic nitrogens is 1. The summed E-state index contributed by atoms with van der Waals surface area (Å²) in [6.07, 6.45) is 3.34. The highest BCUT2D eigenvalue weighted by atomic mass is 79.9. The number of nitrogens with one attached hydrogen (secondary N) is 1. The molecule has 1 aromatic heterocycles. The molecule has 5 heteroatoms. The van der Waals surface area contributed by atoms with Crippen LogP contribution in [0.5, 0.6) is 0 Å². The van der Waals surface area contributed by atoms with Gasteiger partial charge in [0.1, 0.15) is 0 Å². The van der Waals surface area contributed by atoms with E-state index in [0.717, 1.165) is 15.7 Å². The maximum atomic E-state index is 12.5. The van der Waals surface area contributed by atoms with Crippen molar-refractivity contribution in [1.82, 2.24) is 4.98 Å². The van der Waals surface area contributed by atoms with Gasteiger partial charge in [0.15, 0.2) is 5.54 Å². The molecule has 21 heavy (non-hydrogen) atoms. The number of benzene rings is 1. The molecule has 2 aromatic rings. The molecule has 1 N–H and O–H groups in total. The van der Waals surface area contributed by atoms with Gasteiger partial charge in [-0.05, 0) is 48.0 Å². The first-order valence-corrected chi connectivity index (χ1v) is 7.47. The Bertz CT molecular complexity index is 619. The number of ether oxygens (including phenoxy) is 1. The lowest BCUT2D eigenvalue weighted by Gasteiger charge is -2.30. The Kier molecular flexibility index (Phi) is 4.96. The third-order valence-corrected chi connectivity index (χ3v) is 3.87. The summed E-state index contributed by atoms with van der Waals surface area (Å²) in [6, 6.07) is 11.3. The summed E-state index contributed by atoms with van der Waals surface area (Å²) in [4.78, 5) is 16.6. The maximum absolute atomic E-state index is 12.5. The van der Waals surface area contributed by atoms with Gasteiger partial charge in [-0.2, -0.15) is 0 Å². The van der Waals surface area contributed by atoms with Gasteiger partial charge in [-0.1, -0.05) is 18.2 Å². The first kappa shape index (κ1) is 15.5. The summed E-state index contributed by atoms with van der Waals surface area (Å²) < 4.78 is 6.11. The van der Waals surface area contributed by atoms with E-state index < -0.39 is 5.54 Å². The van der Waals surface area contributed by atoms with Gasteiger partial charge in [0.25, 0.3) is 0 Å². The minimum absolute atomic E-state index is 0.326. The molecule has 1 atom stereocenters. The Morgan fingerprint density at radius 2 is 2.10 bits per heavy atom. The first-order chi connectivity index (χ1) is 10.1. The van der Waals surface area contributed by atoms with E-state index >= 15 is 0 Å². The fourth-order valence-corrected chi connectivity index (χ4v) is 2.39. The number of nitrogens with zero attached hydrogens (tertiary/aromatic N) is 1. The Labute approximate surface area is 132 Å². The van der Waals surface area contributed by atoms with E-state index in [1.807, 2.05) is 30.3 Å². The number of rotatable bonds is 5. The molecule has 1 heterocycles. The highest BCUT2D eigenvalue weighted by molar-refractivity contribution is 9.10. The SMILES string of the molecule is CCOC(=O)C(C)(Nc1ccccc1Br)c1cccnc1. The average molecular weight is 349 g/mol. The first-order valence-electron chi connectivity index (χ1n) is 6.68. The Hall–Kier alpha value is -1.88. The second-order valence-corrected chi connectivity index (χ2v) is 5.55. The predicted octanol–water partition coefficient (Wildman–Crippen LogP) is 3.73. The number of carbonyl (C=O) groups is 1. The molecular formula is C16H17BrN2O2. The number of carbonyl (C=O) groups excluding carboxylic acids is 1. The van der Waals surface area contributed by atoms with Crippen LogP contribution in [-0.2, 0) is 15.1 Å². The summed E-state index contributed by atoms with van der Waals surface area (Å²) in [5, 5.41) is 3.26. The fourth-order valence-electron chi connectivity index (χ4n) is 2.01. The number of hydrogen-bond acceptors (Lipinski definition) is 4. The van der Waals surface area contributed by atoms with Crippen molar-refractivity contribution in [1.29, 1.82) is 0 Å². The fraction of sp³-hybridized carbons (Fsp3) is 0.250. The highest BCUT2D eigenvalue weighted by Crippen LogP contribution is 2.31. The molecule has 1 unspecified atom stereocenters. The van der Waals surface area contributed by atoms with E-state index in [4.69, 9.17) is 4.74 Å². The molecule has 0 saturated carbocycles. The molecule has 0 bridgehead atoms. The van der Waals surface area contributed by atoms with Crippen LogP contribution in [0, 0.1) is 0 Å². The quantitative estimate of drug-likeness (QED) is 0.836. The van der Waals surface area contributed by atoms with Gasteiger partial charge in [-0.3, -0.25) is 4.98 Å². The summed E-state index contributed by atoms with van der Waals surface area (Å²) in [5.41, 5.74) is 0.560. The van der Waals surface area contributed by atoms with Gasteiger partial charge in [-0.15, -0.1) is 0 Å². The maximum Gasteiger partial charge on any atom is 0.336 e. The molecule has 2 rings (SSSR count). The van der Waals surface area contributed by atoms with Crippen molar-refractivity contribution in [3.8, 4) is 0 Å². The third-order valence-electron chi connectivity index (χ3n) is 3.18. The number of halogens is 1. The molecule has 4 nitrogen and oxygen atoms in total. The second kappa shape index (κ2) is 6.72. The lowest BCUT2D eigenvalue weighted by Crippen LogP contribution is -2.42. The zero-order valence-electron chi connectivity index (χ0n) is 12.0.